The molecule has 1 saturated heterocycles. The first-order valence-corrected chi connectivity index (χ1v) is 8.56. The summed E-state index contributed by atoms with van der Waals surface area (Å²) in [5.41, 5.74) is 2.65. The van der Waals surface area contributed by atoms with Crippen molar-refractivity contribution >= 4 is 0 Å². The van der Waals surface area contributed by atoms with Gasteiger partial charge in [-0.3, -0.25) is 4.90 Å². The second-order valence-corrected chi connectivity index (χ2v) is 6.65. The standard InChI is InChI=1S/C18H25NO3/c1-13-10-17-18(22-9-8-21-17)11-14(13)12-19-6-7-20-16-5-3-2-4-15(16)19/h10-11,15-16H,2-9,12H2,1H3/t15-,16-/m1/s1. The molecule has 120 valence electrons. The van der Waals surface area contributed by atoms with Crippen LogP contribution in [0.2, 0.25) is 0 Å². The monoisotopic (exact) mass is 303 g/mol. The molecule has 2 heterocycles. The summed E-state index contributed by atoms with van der Waals surface area (Å²) in [5, 5.41) is 0. The largest absolute Gasteiger partial charge is 0.486 e. The van der Waals surface area contributed by atoms with Gasteiger partial charge in [0.15, 0.2) is 11.5 Å². The van der Waals surface area contributed by atoms with E-state index in [1.165, 1.54) is 36.8 Å². The van der Waals surface area contributed by atoms with Crippen LogP contribution in [-0.2, 0) is 11.3 Å². The number of hydrogen-bond donors (Lipinski definition) is 0. The summed E-state index contributed by atoms with van der Waals surface area (Å²) in [7, 11) is 0. The van der Waals surface area contributed by atoms with E-state index in [1.54, 1.807) is 0 Å². The summed E-state index contributed by atoms with van der Waals surface area (Å²) < 4.78 is 17.4. The maximum absolute atomic E-state index is 5.98. The lowest BCUT2D eigenvalue weighted by Gasteiger charge is -2.44. The van der Waals surface area contributed by atoms with Crippen molar-refractivity contribution in [3.8, 4) is 11.5 Å². The highest BCUT2D eigenvalue weighted by atomic mass is 16.6. The predicted molar refractivity (Wildman–Crippen MR) is 84.6 cm³/mol. The summed E-state index contributed by atoms with van der Waals surface area (Å²) in [6, 6.07) is 4.90. The molecule has 4 nitrogen and oxygen atoms in total. The molecule has 1 aromatic rings. The van der Waals surface area contributed by atoms with Gasteiger partial charge in [0, 0.05) is 19.1 Å². The van der Waals surface area contributed by atoms with Crippen molar-refractivity contribution in [2.45, 2.75) is 51.3 Å². The number of rotatable bonds is 2. The van der Waals surface area contributed by atoms with Gasteiger partial charge in [0.25, 0.3) is 0 Å². The third kappa shape index (κ3) is 2.70. The van der Waals surface area contributed by atoms with E-state index < -0.39 is 0 Å². The SMILES string of the molecule is Cc1cc2c(cc1CN1CCO[C@@H]3CCCC[C@H]31)OCCO2. The van der Waals surface area contributed by atoms with Crippen LogP contribution in [0, 0.1) is 6.92 Å². The molecule has 0 bridgehead atoms. The maximum atomic E-state index is 5.98. The number of aryl methyl sites for hydroxylation is 1. The van der Waals surface area contributed by atoms with Crippen molar-refractivity contribution in [3.05, 3.63) is 23.3 Å². The van der Waals surface area contributed by atoms with Crippen LogP contribution >= 0.6 is 0 Å². The van der Waals surface area contributed by atoms with E-state index in [9.17, 15) is 0 Å². The van der Waals surface area contributed by atoms with Gasteiger partial charge < -0.3 is 14.2 Å². The molecule has 22 heavy (non-hydrogen) atoms. The first-order chi connectivity index (χ1) is 10.8. The van der Waals surface area contributed by atoms with Gasteiger partial charge in [-0.2, -0.15) is 0 Å². The van der Waals surface area contributed by atoms with E-state index in [-0.39, 0.29) is 0 Å². The number of ether oxygens (including phenoxy) is 3. The molecule has 2 atom stereocenters. The Bertz CT molecular complexity index is 543. The molecular weight excluding hydrogens is 278 g/mol. The van der Waals surface area contributed by atoms with E-state index in [0.717, 1.165) is 31.2 Å². The van der Waals surface area contributed by atoms with Gasteiger partial charge in [-0.1, -0.05) is 12.8 Å². The average molecular weight is 303 g/mol. The maximum Gasteiger partial charge on any atom is 0.161 e. The Labute approximate surface area is 132 Å². The first-order valence-electron chi connectivity index (χ1n) is 8.56. The van der Waals surface area contributed by atoms with Crippen molar-refractivity contribution in [1.29, 1.82) is 0 Å². The zero-order chi connectivity index (χ0) is 14.9. The minimum atomic E-state index is 0.444. The fourth-order valence-electron chi connectivity index (χ4n) is 3.99. The van der Waals surface area contributed by atoms with E-state index >= 15 is 0 Å². The van der Waals surface area contributed by atoms with Crippen LogP contribution in [0.1, 0.15) is 36.8 Å². The van der Waals surface area contributed by atoms with Crippen molar-refractivity contribution < 1.29 is 14.2 Å². The molecule has 0 unspecified atom stereocenters. The minimum absolute atomic E-state index is 0.444. The van der Waals surface area contributed by atoms with Gasteiger partial charge >= 0.3 is 0 Å². The Balaban J connectivity index is 1.54. The Hall–Kier alpha value is -1.26. The molecule has 1 saturated carbocycles. The van der Waals surface area contributed by atoms with Crippen LogP contribution in [0.5, 0.6) is 11.5 Å². The lowest BCUT2D eigenvalue weighted by molar-refractivity contribution is -0.0911. The number of morpholine rings is 1. The van der Waals surface area contributed by atoms with Crippen LogP contribution in [0.3, 0.4) is 0 Å². The summed E-state index contributed by atoms with van der Waals surface area (Å²) in [4.78, 5) is 2.62. The van der Waals surface area contributed by atoms with E-state index in [1.807, 2.05) is 0 Å². The van der Waals surface area contributed by atoms with Gasteiger partial charge in [0.2, 0.25) is 0 Å². The Morgan fingerprint density at radius 1 is 1.05 bits per heavy atom. The van der Waals surface area contributed by atoms with Crippen LogP contribution in [0.4, 0.5) is 0 Å². The summed E-state index contributed by atoms with van der Waals surface area (Å²) in [5.74, 6) is 1.80. The van der Waals surface area contributed by atoms with Crippen molar-refractivity contribution in [2.24, 2.45) is 0 Å². The number of nitrogens with zero attached hydrogens (tertiary/aromatic N) is 1. The smallest absolute Gasteiger partial charge is 0.161 e. The molecule has 2 fully saturated rings. The zero-order valence-electron chi connectivity index (χ0n) is 13.3. The van der Waals surface area contributed by atoms with Crippen LogP contribution in [0.25, 0.3) is 0 Å². The van der Waals surface area contributed by atoms with E-state index in [0.29, 0.717) is 25.4 Å². The van der Waals surface area contributed by atoms with Crippen molar-refractivity contribution in [1.82, 2.24) is 4.90 Å². The second-order valence-electron chi connectivity index (χ2n) is 6.65. The van der Waals surface area contributed by atoms with E-state index in [4.69, 9.17) is 14.2 Å². The quantitative estimate of drug-likeness (QED) is 0.840. The van der Waals surface area contributed by atoms with Gasteiger partial charge in [-0.25, -0.2) is 0 Å². The average Bonchev–Trinajstić information content (AvgIpc) is 2.56. The summed E-state index contributed by atoms with van der Waals surface area (Å²) >= 11 is 0. The molecular formula is C18H25NO3. The molecule has 3 aliphatic rings. The van der Waals surface area contributed by atoms with Gasteiger partial charge in [0.1, 0.15) is 13.2 Å². The van der Waals surface area contributed by atoms with E-state index in [2.05, 4.69) is 24.0 Å². The Morgan fingerprint density at radius 2 is 1.82 bits per heavy atom. The summed E-state index contributed by atoms with van der Waals surface area (Å²) in [6.07, 6.45) is 5.59. The Morgan fingerprint density at radius 3 is 2.68 bits per heavy atom. The molecule has 4 rings (SSSR count). The molecule has 0 spiro atoms. The third-order valence-electron chi connectivity index (χ3n) is 5.22. The fourth-order valence-corrected chi connectivity index (χ4v) is 3.99. The second kappa shape index (κ2) is 6.09. The molecule has 0 radical (unpaired) electrons. The number of fused-ring (bicyclic) bond motifs is 2. The van der Waals surface area contributed by atoms with Crippen molar-refractivity contribution in [2.75, 3.05) is 26.4 Å². The molecule has 1 aromatic carbocycles. The van der Waals surface area contributed by atoms with Crippen molar-refractivity contribution in [3.63, 3.8) is 0 Å². The lowest BCUT2D eigenvalue weighted by Crippen LogP contribution is -2.52. The lowest BCUT2D eigenvalue weighted by atomic mass is 9.89. The van der Waals surface area contributed by atoms with Crippen LogP contribution < -0.4 is 9.47 Å². The third-order valence-corrected chi connectivity index (χ3v) is 5.22. The highest BCUT2D eigenvalue weighted by Crippen LogP contribution is 2.35. The number of benzene rings is 1. The molecule has 0 amide bonds. The Kier molecular flexibility index (Phi) is 3.97. The predicted octanol–water partition coefficient (Wildman–Crippen LogP) is 2.91. The molecule has 1 aliphatic carbocycles. The molecule has 0 aromatic heterocycles. The molecule has 0 N–H and O–H groups in total. The van der Waals surface area contributed by atoms with Crippen LogP contribution in [-0.4, -0.2) is 43.4 Å². The number of hydrogen-bond acceptors (Lipinski definition) is 4. The zero-order valence-corrected chi connectivity index (χ0v) is 13.3. The highest BCUT2D eigenvalue weighted by molar-refractivity contribution is 5.47. The minimum Gasteiger partial charge on any atom is -0.486 e. The molecule has 4 heteroatoms. The first kappa shape index (κ1) is 14.3. The van der Waals surface area contributed by atoms with Crippen LogP contribution in [0.15, 0.2) is 12.1 Å². The highest BCUT2D eigenvalue weighted by Gasteiger charge is 2.34. The normalized spacial score (nSPS) is 28.2. The fraction of sp³-hybridized carbons (Fsp3) is 0.667. The molecule has 2 aliphatic heterocycles. The van der Waals surface area contributed by atoms with Gasteiger partial charge in [-0.05, 0) is 43.0 Å². The topological polar surface area (TPSA) is 30.9 Å². The van der Waals surface area contributed by atoms with Gasteiger partial charge in [0.05, 0.1) is 12.7 Å². The van der Waals surface area contributed by atoms with Gasteiger partial charge in [-0.15, -0.1) is 0 Å². The summed E-state index contributed by atoms with van der Waals surface area (Å²) in [6.45, 7) is 6.37.